The maximum absolute atomic E-state index is 12.9. The summed E-state index contributed by atoms with van der Waals surface area (Å²) < 4.78 is 5.50. The number of carbonyl (C=O) groups excluding carboxylic acids is 2. The molecule has 4 aliphatic rings. The summed E-state index contributed by atoms with van der Waals surface area (Å²) in [5.41, 5.74) is -0.0956. The third-order valence-corrected chi connectivity index (χ3v) is 7.54. The van der Waals surface area contributed by atoms with E-state index in [1.807, 2.05) is 0 Å². The van der Waals surface area contributed by atoms with E-state index >= 15 is 0 Å². The topological polar surface area (TPSA) is 55.4 Å². The SMILES string of the molecule is O=C(COC(=O)C12CC3CC(CC(Br)(C3)C1)C2)Nc1c(Cl)cccc1Cl. The monoisotopic (exact) mass is 459 g/mol. The van der Waals surface area contributed by atoms with Crippen molar-refractivity contribution in [1.82, 2.24) is 0 Å². The minimum Gasteiger partial charge on any atom is -0.455 e. The van der Waals surface area contributed by atoms with Crippen LogP contribution in [-0.2, 0) is 14.3 Å². The van der Waals surface area contributed by atoms with Gasteiger partial charge >= 0.3 is 5.97 Å². The van der Waals surface area contributed by atoms with Gasteiger partial charge in [0.1, 0.15) is 0 Å². The molecule has 4 aliphatic carbocycles. The molecule has 1 aromatic carbocycles. The predicted molar refractivity (Wildman–Crippen MR) is 105 cm³/mol. The quantitative estimate of drug-likeness (QED) is 0.495. The van der Waals surface area contributed by atoms with E-state index in [2.05, 4.69) is 21.2 Å². The second-order valence-corrected chi connectivity index (χ2v) is 10.6. The number of para-hydroxylation sites is 1. The maximum atomic E-state index is 12.9. The van der Waals surface area contributed by atoms with Crippen LogP contribution in [-0.4, -0.2) is 22.8 Å². The van der Waals surface area contributed by atoms with Gasteiger partial charge in [-0.2, -0.15) is 0 Å². The van der Waals surface area contributed by atoms with Gasteiger partial charge in [0.2, 0.25) is 0 Å². The number of esters is 1. The van der Waals surface area contributed by atoms with E-state index < -0.39 is 11.3 Å². The van der Waals surface area contributed by atoms with E-state index in [0.717, 1.165) is 32.1 Å². The molecule has 26 heavy (non-hydrogen) atoms. The van der Waals surface area contributed by atoms with Crippen molar-refractivity contribution in [3.63, 3.8) is 0 Å². The van der Waals surface area contributed by atoms with Gasteiger partial charge in [-0.3, -0.25) is 9.59 Å². The lowest BCUT2D eigenvalue weighted by atomic mass is 9.49. The fourth-order valence-electron chi connectivity index (χ4n) is 5.47. The Labute approximate surface area is 171 Å². The smallest absolute Gasteiger partial charge is 0.312 e. The summed E-state index contributed by atoms with van der Waals surface area (Å²) in [6.45, 7) is -0.327. The lowest BCUT2D eigenvalue weighted by molar-refractivity contribution is -0.170. The summed E-state index contributed by atoms with van der Waals surface area (Å²) >= 11 is 16.0. The number of anilines is 1. The molecule has 1 amide bonds. The summed E-state index contributed by atoms with van der Waals surface area (Å²) in [7, 11) is 0. The van der Waals surface area contributed by atoms with Crippen LogP contribution in [0.4, 0.5) is 5.69 Å². The van der Waals surface area contributed by atoms with Crippen LogP contribution in [0.2, 0.25) is 10.0 Å². The Morgan fingerprint density at radius 2 is 1.77 bits per heavy atom. The molecule has 0 spiro atoms. The van der Waals surface area contributed by atoms with Gasteiger partial charge in [-0.25, -0.2) is 0 Å². The van der Waals surface area contributed by atoms with Gasteiger partial charge < -0.3 is 10.1 Å². The Bertz CT molecular complexity index is 735. The van der Waals surface area contributed by atoms with Crippen LogP contribution in [0, 0.1) is 17.3 Å². The zero-order valence-corrected chi connectivity index (χ0v) is 17.3. The molecule has 0 radical (unpaired) electrons. The van der Waals surface area contributed by atoms with Gasteiger partial charge in [-0.15, -0.1) is 0 Å². The van der Waals surface area contributed by atoms with E-state index in [-0.39, 0.29) is 16.9 Å². The number of ether oxygens (including phenoxy) is 1. The van der Waals surface area contributed by atoms with E-state index in [1.54, 1.807) is 18.2 Å². The molecule has 1 aromatic rings. The molecule has 5 rings (SSSR count). The summed E-state index contributed by atoms with van der Waals surface area (Å²) in [6.07, 6.45) is 6.08. The van der Waals surface area contributed by atoms with Gasteiger partial charge in [-0.05, 0) is 62.5 Å². The van der Waals surface area contributed by atoms with Crippen LogP contribution in [0.1, 0.15) is 38.5 Å². The molecule has 0 heterocycles. The number of halogens is 3. The highest BCUT2D eigenvalue weighted by atomic mass is 79.9. The lowest BCUT2D eigenvalue weighted by Crippen LogP contribution is -2.56. The molecule has 2 unspecified atom stereocenters. The molecular formula is C19H20BrCl2NO3. The second-order valence-electron chi connectivity index (χ2n) is 8.11. The molecule has 140 valence electrons. The number of alkyl halides is 1. The van der Waals surface area contributed by atoms with Crippen LogP contribution in [0.3, 0.4) is 0 Å². The fourth-order valence-corrected chi connectivity index (χ4v) is 7.41. The average molecular weight is 461 g/mol. The number of hydrogen-bond acceptors (Lipinski definition) is 3. The zero-order chi connectivity index (χ0) is 18.5. The summed E-state index contributed by atoms with van der Waals surface area (Å²) in [5, 5.41) is 3.32. The summed E-state index contributed by atoms with van der Waals surface area (Å²) in [6, 6.07) is 4.98. The molecule has 4 bridgehead atoms. The standard InChI is InChI=1S/C19H20BrCl2NO3/c20-19-7-11-4-12(8-19)6-18(5-11,10-19)17(25)26-9-15(24)23-16-13(21)2-1-3-14(16)22/h1-3,11-12H,4-10H2,(H,23,24). The highest BCUT2D eigenvalue weighted by Gasteiger charge is 2.60. The van der Waals surface area contributed by atoms with Crippen molar-refractivity contribution < 1.29 is 14.3 Å². The Morgan fingerprint density at radius 3 is 2.35 bits per heavy atom. The molecule has 4 nitrogen and oxygen atoms in total. The summed E-state index contributed by atoms with van der Waals surface area (Å²) in [5.74, 6) is 0.486. The number of carbonyl (C=O) groups is 2. The molecular weight excluding hydrogens is 441 g/mol. The maximum Gasteiger partial charge on any atom is 0.312 e. The van der Waals surface area contributed by atoms with E-state index in [4.69, 9.17) is 27.9 Å². The minimum absolute atomic E-state index is 0.0729. The van der Waals surface area contributed by atoms with Gasteiger partial charge in [0.15, 0.2) is 6.61 Å². The van der Waals surface area contributed by atoms with Crippen LogP contribution in [0.25, 0.3) is 0 Å². The second kappa shape index (κ2) is 6.68. The van der Waals surface area contributed by atoms with Crippen molar-refractivity contribution in [2.24, 2.45) is 17.3 Å². The Morgan fingerprint density at radius 1 is 1.15 bits per heavy atom. The van der Waals surface area contributed by atoms with Crippen LogP contribution in [0.15, 0.2) is 18.2 Å². The molecule has 0 aliphatic heterocycles. The van der Waals surface area contributed by atoms with Crippen molar-refractivity contribution in [2.75, 3.05) is 11.9 Å². The first kappa shape index (κ1) is 18.6. The third-order valence-electron chi connectivity index (χ3n) is 5.98. The van der Waals surface area contributed by atoms with Crippen LogP contribution >= 0.6 is 39.1 Å². The van der Waals surface area contributed by atoms with Crippen molar-refractivity contribution in [3.05, 3.63) is 28.2 Å². The lowest BCUT2D eigenvalue weighted by Gasteiger charge is -2.58. The third kappa shape index (κ3) is 3.38. The number of nitrogens with one attached hydrogen (secondary N) is 1. The molecule has 2 atom stereocenters. The zero-order valence-electron chi connectivity index (χ0n) is 14.2. The molecule has 0 aromatic heterocycles. The number of hydrogen-bond donors (Lipinski definition) is 1. The number of rotatable bonds is 4. The van der Waals surface area contributed by atoms with Crippen molar-refractivity contribution in [1.29, 1.82) is 0 Å². The largest absolute Gasteiger partial charge is 0.455 e. The van der Waals surface area contributed by atoms with E-state index in [1.165, 1.54) is 6.42 Å². The van der Waals surface area contributed by atoms with Gasteiger partial charge in [0.25, 0.3) is 5.91 Å². The predicted octanol–water partition coefficient (Wildman–Crippen LogP) is 5.21. The van der Waals surface area contributed by atoms with Crippen molar-refractivity contribution in [3.8, 4) is 0 Å². The van der Waals surface area contributed by atoms with E-state index in [9.17, 15) is 9.59 Å². The minimum atomic E-state index is -0.438. The van der Waals surface area contributed by atoms with Gasteiger partial charge in [0.05, 0.1) is 21.1 Å². The highest BCUT2D eigenvalue weighted by molar-refractivity contribution is 9.10. The molecule has 7 heteroatoms. The first-order valence-electron chi connectivity index (χ1n) is 8.89. The molecule has 1 N–H and O–H groups in total. The Kier molecular flexibility index (Phi) is 4.77. The van der Waals surface area contributed by atoms with E-state index in [0.29, 0.717) is 27.6 Å². The molecule has 4 fully saturated rings. The van der Waals surface area contributed by atoms with Crippen LogP contribution < -0.4 is 5.32 Å². The normalized spacial score (nSPS) is 34.6. The van der Waals surface area contributed by atoms with Gasteiger partial charge in [-0.1, -0.05) is 45.2 Å². The Balaban J connectivity index is 1.39. The van der Waals surface area contributed by atoms with Crippen molar-refractivity contribution in [2.45, 2.75) is 42.8 Å². The first-order chi connectivity index (χ1) is 12.3. The molecule has 4 saturated carbocycles. The van der Waals surface area contributed by atoms with Gasteiger partial charge in [0, 0.05) is 4.32 Å². The van der Waals surface area contributed by atoms with Crippen LogP contribution in [0.5, 0.6) is 0 Å². The first-order valence-corrected chi connectivity index (χ1v) is 10.4. The number of benzene rings is 1. The summed E-state index contributed by atoms with van der Waals surface area (Å²) in [4.78, 5) is 25.1. The molecule has 0 saturated heterocycles. The number of amides is 1. The average Bonchev–Trinajstić information content (AvgIpc) is 2.54. The fraction of sp³-hybridized carbons (Fsp3) is 0.579. The Hall–Kier alpha value is -0.780. The highest BCUT2D eigenvalue weighted by Crippen LogP contribution is 2.64. The van der Waals surface area contributed by atoms with Crippen molar-refractivity contribution >= 4 is 56.7 Å².